The number of ether oxygens (including phenoxy) is 1. The third-order valence-electron chi connectivity index (χ3n) is 4.43. The van der Waals surface area contributed by atoms with Crippen LogP contribution in [0.2, 0.25) is 10.0 Å². The topological polar surface area (TPSA) is 67.6 Å². The number of benzene rings is 2. The highest BCUT2D eigenvalue weighted by atomic mass is 35.5. The first-order valence-corrected chi connectivity index (χ1v) is 10.0. The van der Waals surface area contributed by atoms with Crippen LogP contribution in [-0.4, -0.2) is 32.2 Å². The molecule has 1 fully saturated rings. The van der Waals surface area contributed by atoms with E-state index in [1.807, 2.05) is 18.2 Å². The Kier molecular flexibility index (Phi) is 5.14. The molecular formula is C19H17Cl2N3O2S. The van der Waals surface area contributed by atoms with Gasteiger partial charge in [-0.3, -0.25) is 4.79 Å². The van der Waals surface area contributed by atoms with Gasteiger partial charge in [-0.05, 0) is 30.3 Å². The van der Waals surface area contributed by atoms with Crippen LogP contribution in [0.15, 0.2) is 36.4 Å². The van der Waals surface area contributed by atoms with Crippen LogP contribution >= 0.6 is 34.5 Å². The Bertz CT molecular complexity index is 1020. The Hall–Kier alpha value is -1.99. The van der Waals surface area contributed by atoms with E-state index in [9.17, 15) is 4.79 Å². The molecule has 5 nitrogen and oxygen atoms in total. The van der Waals surface area contributed by atoms with Crippen molar-refractivity contribution in [3.05, 3.63) is 51.3 Å². The molecule has 2 aromatic carbocycles. The van der Waals surface area contributed by atoms with Crippen molar-refractivity contribution in [3.63, 3.8) is 0 Å². The van der Waals surface area contributed by atoms with Gasteiger partial charge in [0.1, 0.15) is 4.88 Å². The van der Waals surface area contributed by atoms with Crippen LogP contribution in [0.1, 0.15) is 9.67 Å². The van der Waals surface area contributed by atoms with Gasteiger partial charge >= 0.3 is 0 Å². The normalized spacial score (nSPS) is 14.5. The third kappa shape index (κ3) is 3.71. The molecule has 0 radical (unpaired) electrons. The van der Waals surface area contributed by atoms with Gasteiger partial charge in [-0.2, -0.15) is 0 Å². The number of thiophene rings is 1. The molecule has 1 saturated heterocycles. The summed E-state index contributed by atoms with van der Waals surface area (Å²) in [7, 11) is 0. The van der Waals surface area contributed by atoms with E-state index < -0.39 is 0 Å². The van der Waals surface area contributed by atoms with E-state index in [0.29, 0.717) is 39.5 Å². The summed E-state index contributed by atoms with van der Waals surface area (Å²) in [6, 6.07) is 10.9. The molecule has 3 N–H and O–H groups in total. The number of carbonyl (C=O) groups is 1. The number of hydrogen-bond acceptors (Lipinski definition) is 5. The van der Waals surface area contributed by atoms with Crippen LogP contribution in [-0.2, 0) is 4.74 Å². The summed E-state index contributed by atoms with van der Waals surface area (Å²) in [5, 5.41) is 4.74. The molecule has 2 heterocycles. The summed E-state index contributed by atoms with van der Waals surface area (Å²) in [4.78, 5) is 15.3. The molecule has 1 aliphatic rings. The monoisotopic (exact) mass is 421 g/mol. The highest BCUT2D eigenvalue weighted by molar-refractivity contribution is 7.21. The van der Waals surface area contributed by atoms with E-state index in [4.69, 9.17) is 33.7 Å². The molecule has 0 unspecified atom stereocenters. The highest BCUT2D eigenvalue weighted by Crippen LogP contribution is 2.37. The fraction of sp³-hybridized carbons (Fsp3) is 0.211. The maximum absolute atomic E-state index is 12.7. The van der Waals surface area contributed by atoms with Gasteiger partial charge in [-0.25, -0.2) is 0 Å². The Morgan fingerprint density at radius 3 is 2.67 bits per heavy atom. The number of hydrogen-bond donors (Lipinski definition) is 2. The van der Waals surface area contributed by atoms with Gasteiger partial charge in [0.15, 0.2) is 0 Å². The molecule has 8 heteroatoms. The van der Waals surface area contributed by atoms with E-state index >= 15 is 0 Å². The standard InChI is InChI=1S/C19H17Cl2N3O2S/c20-11-1-3-13-16(9-11)27-18(17(13)21)19(25)23-12-2-4-15(14(22)10-12)24-5-7-26-8-6-24/h1-4,9-10H,5-8,22H2,(H,23,25). The number of nitrogens with two attached hydrogens (primary N) is 1. The zero-order valence-corrected chi connectivity index (χ0v) is 16.6. The number of morpholine rings is 1. The summed E-state index contributed by atoms with van der Waals surface area (Å²) < 4.78 is 6.25. The summed E-state index contributed by atoms with van der Waals surface area (Å²) in [5.74, 6) is -0.268. The van der Waals surface area contributed by atoms with Crippen LogP contribution < -0.4 is 16.0 Å². The Morgan fingerprint density at radius 1 is 1.15 bits per heavy atom. The molecule has 0 saturated carbocycles. The predicted molar refractivity (Wildman–Crippen MR) is 114 cm³/mol. The van der Waals surface area contributed by atoms with Crippen LogP contribution in [0.5, 0.6) is 0 Å². The lowest BCUT2D eigenvalue weighted by Gasteiger charge is -2.30. The van der Waals surface area contributed by atoms with E-state index in [1.165, 1.54) is 11.3 Å². The molecular weight excluding hydrogens is 405 g/mol. The molecule has 4 rings (SSSR count). The smallest absolute Gasteiger partial charge is 0.267 e. The minimum Gasteiger partial charge on any atom is -0.397 e. The number of anilines is 3. The molecule has 1 amide bonds. The van der Waals surface area contributed by atoms with Gasteiger partial charge in [0.25, 0.3) is 5.91 Å². The fourth-order valence-corrected chi connectivity index (χ4v) is 4.79. The van der Waals surface area contributed by atoms with Crippen molar-refractivity contribution in [2.45, 2.75) is 0 Å². The van der Waals surface area contributed by atoms with Gasteiger partial charge in [0, 0.05) is 33.9 Å². The second kappa shape index (κ2) is 7.56. The Labute approximate surface area is 170 Å². The second-order valence-corrected chi connectivity index (χ2v) is 8.08. The largest absolute Gasteiger partial charge is 0.397 e. The molecule has 27 heavy (non-hydrogen) atoms. The molecule has 0 spiro atoms. The van der Waals surface area contributed by atoms with Gasteiger partial charge in [0.05, 0.1) is 29.6 Å². The zero-order valence-electron chi connectivity index (χ0n) is 14.3. The number of rotatable bonds is 3. The minimum absolute atomic E-state index is 0.268. The van der Waals surface area contributed by atoms with Crippen LogP contribution in [0.3, 0.4) is 0 Å². The third-order valence-corrected chi connectivity index (χ3v) is 6.33. The lowest BCUT2D eigenvalue weighted by Crippen LogP contribution is -2.36. The van der Waals surface area contributed by atoms with Gasteiger partial charge in [-0.1, -0.05) is 29.3 Å². The van der Waals surface area contributed by atoms with Crippen molar-refractivity contribution >= 4 is 67.6 Å². The Balaban J connectivity index is 1.56. The molecule has 3 aromatic rings. The average Bonchev–Trinajstić information content (AvgIpc) is 2.98. The average molecular weight is 422 g/mol. The summed E-state index contributed by atoms with van der Waals surface area (Å²) >= 11 is 13.7. The van der Waals surface area contributed by atoms with Crippen molar-refractivity contribution in [2.75, 3.05) is 42.3 Å². The molecule has 1 aliphatic heterocycles. The van der Waals surface area contributed by atoms with E-state index in [0.717, 1.165) is 28.9 Å². The van der Waals surface area contributed by atoms with Crippen LogP contribution in [0.4, 0.5) is 17.1 Å². The molecule has 140 valence electrons. The first-order chi connectivity index (χ1) is 13.0. The van der Waals surface area contributed by atoms with Crippen molar-refractivity contribution in [1.29, 1.82) is 0 Å². The molecule has 0 bridgehead atoms. The SMILES string of the molecule is Nc1cc(NC(=O)c2sc3cc(Cl)ccc3c2Cl)ccc1N1CCOCC1. The van der Waals surface area contributed by atoms with E-state index in [1.54, 1.807) is 18.2 Å². The fourth-order valence-electron chi connectivity index (χ4n) is 3.10. The first kappa shape index (κ1) is 18.4. The highest BCUT2D eigenvalue weighted by Gasteiger charge is 2.19. The van der Waals surface area contributed by atoms with Gasteiger partial charge in [-0.15, -0.1) is 11.3 Å². The van der Waals surface area contributed by atoms with E-state index in [-0.39, 0.29) is 5.91 Å². The van der Waals surface area contributed by atoms with Gasteiger partial charge in [0.2, 0.25) is 0 Å². The molecule has 1 aromatic heterocycles. The molecule has 0 aliphatic carbocycles. The maximum Gasteiger partial charge on any atom is 0.267 e. The van der Waals surface area contributed by atoms with Gasteiger partial charge < -0.3 is 20.7 Å². The zero-order chi connectivity index (χ0) is 19.0. The summed E-state index contributed by atoms with van der Waals surface area (Å²) in [5.41, 5.74) is 8.39. The number of nitrogen functional groups attached to an aromatic ring is 1. The van der Waals surface area contributed by atoms with Crippen LogP contribution in [0, 0.1) is 0 Å². The minimum atomic E-state index is -0.268. The number of halogens is 2. The van der Waals surface area contributed by atoms with Crippen LogP contribution in [0.25, 0.3) is 10.1 Å². The molecule has 0 atom stereocenters. The lowest BCUT2D eigenvalue weighted by atomic mass is 10.2. The van der Waals surface area contributed by atoms with E-state index in [2.05, 4.69) is 10.2 Å². The second-order valence-electron chi connectivity index (χ2n) is 6.21. The lowest BCUT2D eigenvalue weighted by molar-refractivity contribution is 0.103. The van der Waals surface area contributed by atoms with Crippen molar-refractivity contribution in [1.82, 2.24) is 0 Å². The van der Waals surface area contributed by atoms with Crippen molar-refractivity contribution in [2.24, 2.45) is 0 Å². The number of nitrogens with zero attached hydrogens (tertiary/aromatic N) is 1. The number of amides is 1. The van der Waals surface area contributed by atoms with Crippen molar-refractivity contribution in [3.8, 4) is 0 Å². The predicted octanol–water partition coefficient (Wildman–Crippen LogP) is 4.88. The number of carbonyl (C=O) groups excluding carboxylic acids is 1. The summed E-state index contributed by atoms with van der Waals surface area (Å²) in [6.45, 7) is 2.98. The maximum atomic E-state index is 12.7. The van der Waals surface area contributed by atoms with Crippen molar-refractivity contribution < 1.29 is 9.53 Å². The quantitative estimate of drug-likeness (QED) is 0.591. The first-order valence-electron chi connectivity index (χ1n) is 8.44. The summed E-state index contributed by atoms with van der Waals surface area (Å²) in [6.07, 6.45) is 0. The number of fused-ring (bicyclic) bond motifs is 1. The Morgan fingerprint density at radius 2 is 1.93 bits per heavy atom. The number of nitrogens with one attached hydrogen (secondary N) is 1.